The van der Waals surface area contributed by atoms with E-state index in [1.165, 1.54) is 24.4 Å². The zero-order chi connectivity index (χ0) is 28.4. The van der Waals surface area contributed by atoms with Crippen molar-refractivity contribution in [1.29, 1.82) is 0 Å². The number of aromatic nitrogens is 4. The van der Waals surface area contributed by atoms with E-state index in [-0.39, 0.29) is 23.2 Å². The summed E-state index contributed by atoms with van der Waals surface area (Å²) in [5, 5.41) is 20.7. The molecule has 208 valence electrons. The normalized spacial score (nSPS) is 19.5. The van der Waals surface area contributed by atoms with Crippen molar-refractivity contribution in [2.75, 3.05) is 11.9 Å². The lowest BCUT2D eigenvalue weighted by Gasteiger charge is -2.43. The van der Waals surface area contributed by atoms with Gasteiger partial charge in [0.15, 0.2) is 5.82 Å². The van der Waals surface area contributed by atoms with Gasteiger partial charge in [-0.25, -0.2) is 13.8 Å². The van der Waals surface area contributed by atoms with Crippen LogP contribution in [-0.4, -0.2) is 48.7 Å². The number of hydrogen-bond donors (Lipinski definition) is 3. The maximum Gasteiger partial charge on any atom is 0.310 e. The molecule has 0 radical (unpaired) electrons. The van der Waals surface area contributed by atoms with Crippen LogP contribution in [0.5, 0.6) is 0 Å². The molecule has 4 heterocycles. The smallest absolute Gasteiger partial charge is 0.310 e. The lowest BCUT2D eigenvalue weighted by molar-refractivity contribution is -0.153. The SMILES string of the molecule is Cc1cc(Nc2cc(-c3ncccc3F)cc(C[C@@]3(C(=O)O)CCN(Cc4cccc(Cl)c4F)[C@H](C)C3)n2)n[nH]1. The first-order chi connectivity index (χ1) is 19.1. The monoisotopic (exact) mass is 566 g/mol. The van der Waals surface area contributed by atoms with Crippen LogP contribution in [0.4, 0.5) is 20.4 Å². The number of likely N-dealkylation sites (tertiary alicyclic amines) is 1. The van der Waals surface area contributed by atoms with Gasteiger partial charge in [0, 0.05) is 53.8 Å². The largest absolute Gasteiger partial charge is 0.481 e. The van der Waals surface area contributed by atoms with Crippen LogP contribution in [0.3, 0.4) is 0 Å². The first kappa shape index (κ1) is 27.7. The number of H-pyrrole nitrogens is 1. The number of aromatic amines is 1. The number of carboxylic acid groups (broad SMARTS) is 1. The Balaban J connectivity index is 1.44. The number of hydrogen-bond acceptors (Lipinski definition) is 6. The van der Waals surface area contributed by atoms with E-state index in [0.29, 0.717) is 54.4 Å². The molecule has 0 spiro atoms. The van der Waals surface area contributed by atoms with Crippen molar-refractivity contribution in [3.63, 3.8) is 0 Å². The van der Waals surface area contributed by atoms with Crippen LogP contribution in [-0.2, 0) is 17.8 Å². The molecule has 1 saturated heterocycles. The van der Waals surface area contributed by atoms with Gasteiger partial charge in [-0.3, -0.25) is 19.8 Å². The molecule has 1 fully saturated rings. The van der Waals surface area contributed by atoms with Crippen LogP contribution in [0.15, 0.2) is 54.7 Å². The minimum atomic E-state index is -1.11. The number of piperidine rings is 1. The molecule has 1 aromatic carbocycles. The molecule has 0 saturated carbocycles. The van der Waals surface area contributed by atoms with E-state index in [1.54, 1.807) is 30.3 Å². The molecule has 11 heteroatoms. The number of anilines is 2. The second-order valence-corrected chi connectivity index (χ2v) is 10.8. The Morgan fingerprint density at radius 2 is 2.05 bits per heavy atom. The van der Waals surface area contributed by atoms with Gasteiger partial charge in [-0.2, -0.15) is 5.10 Å². The minimum Gasteiger partial charge on any atom is -0.481 e. The van der Waals surface area contributed by atoms with Crippen molar-refractivity contribution in [2.45, 2.75) is 45.7 Å². The highest BCUT2D eigenvalue weighted by molar-refractivity contribution is 6.30. The summed E-state index contributed by atoms with van der Waals surface area (Å²) in [5.74, 6) is -0.962. The Morgan fingerprint density at radius 3 is 2.75 bits per heavy atom. The van der Waals surface area contributed by atoms with E-state index in [4.69, 9.17) is 16.6 Å². The molecule has 4 aromatic rings. The number of carboxylic acids is 1. The molecule has 0 unspecified atom stereocenters. The Hall–Kier alpha value is -3.89. The Kier molecular flexibility index (Phi) is 7.82. The number of nitrogens with zero attached hydrogens (tertiary/aromatic N) is 4. The van der Waals surface area contributed by atoms with E-state index in [2.05, 4.69) is 25.4 Å². The average Bonchev–Trinajstić information content (AvgIpc) is 3.32. The van der Waals surface area contributed by atoms with Crippen molar-refractivity contribution < 1.29 is 18.7 Å². The zero-order valence-electron chi connectivity index (χ0n) is 22.1. The second-order valence-electron chi connectivity index (χ2n) is 10.4. The summed E-state index contributed by atoms with van der Waals surface area (Å²) in [5.41, 5.74) is 1.30. The molecule has 3 aromatic heterocycles. The molecule has 8 nitrogen and oxygen atoms in total. The Bertz CT molecular complexity index is 1550. The third-order valence-corrected chi connectivity index (χ3v) is 7.73. The Labute approximate surface area is 235 Å². The van der Waals surface area contributed by atoms with Crippen molar-refractivity contribution in [3.8, 4) is 11.3 Å². The molecule has 5 rings (SSSR count). The third-order valence-electron chi connectivity index (χ3n) is 7.44. The molecule has 1 aliphatic heterocycles. The molecule has 0 amide bonds. The van der Waals surface area contributed by atoms with Crippen LogP contribution in [0.25, 0.3) is 11.3 Å². The molecular weight excluding hydrogens is 538 g/mol. The quantitative estimate of drug-likeness (QED) is 0.235. The summed E-state index contributed by atoms with van der Waals surface area (Å²) >= 11 is 5.96. The van der Waals surface area contributed by atoms with Crippen LogP contribution in [0.1, 0.15) is 36.7 Å². The number of pyridine rings is 2. The first-order valence-corrected chi connectivity index (χ1v) is 13.3. The van der Waals surface area contributed by atoms with Crippen LogP contribution in [0.2, 0.25) is 5.02 Å². The van der Waals surface area contributed by atoms with Gasteiger partial charge in [-0.15, -0.1) is 0 Å². The van der Waals surface area contributed by atoms with Crippen LogP contribution >= 0.6 is 11.6 Å². The fourth-order valence-corrected chi connectivity index (χ4v) is 5.56. The molecule has 3 N–H and O–H groups in total. The van der Waals surface area contributed by atoms with Crippen molar-refractivity contribution >= 4 is 29.2 Å². The van der Waals surface area contributed by atoms with Gasteiger partial charge in [0.05, 0.1) is 10.4 Å². The molecule has 0 bridgehead atoms. The fourth-order valence-electron chi connectivity index (χ4n) is 5.37. The maximum absolute atomic E-state index is 14.7. The van der Waals surface area contributed by atoms with Crippen LogP contribution in [0, 0.1) is 24.0 Å². The van der Waals surface area contributed by atoms with Gasteiger partial charge in [0.2, 0.25) is 0 Å². The summed E-state index contributed by atoms with van der Waals surface area (Å²) < 4.78 is 29.3. The second kappa shape index (κ2) is 11.3. The van der Waals surface area contributed by atoms with E-state index in [1.807, 2.05) is 13.8 Å². The summed E-state index contributed by atoms with van der Waals surface area (Å²) in [4.78, 5) is 23.7. The van der Waals surface area contributed by atoms with Gasteiger partial charge in [0.25, 0.3) is 0 Å². The summed E-state index contributed by atoms with van der Waals surface area (Å²) in [6.45, 7) is 4.58. The highest BCUT2D eigenvalue weighted by Crippen LogP contribution is 2.40. The number of rotatable bonds is 8. The van der Waals surface area contributed by atoms with Gasteiger partial charge in [-0.05, 0) is 63.6 Å². The maximum atomic E-state index is 14.7. The number of aliphatic carboxylic acids is 1. The zero-order valence-corrected chi connectivity index (χ0v) is 22.8. The van der Waals surface area contributed by atoms with Gasteiger partial charge < -0.3 is 10.4 Å². The molecule has 1 aliphatic rings. The Morgan fingerprint density at radius 1 is 1.23 bits per heavy atom. The van der Waals surface area contributed by atoms with Crippen LogP contribution < -0.4 is 5.32 Å². The topological polar surface area (TPSA) is 107 Å². The first-order valence-electron chi connectivity index (χ1n) is 12.9. The van der Waals surface area contributed by atoms with Crippen molar-refractivity contribution in [3.05, 3.63) is 88.3 Å². The number of nitrogens with one attached hydrogen (secondary N) is 2. The van der Waals surface area contributed by atoms with Gasteiger partial charge >= 0.3 is 5.97 Å². The molecule has 0 aliphatic carbocycles. The van der Waals surface area contributed by atoms with E-state index in [9.17, 15) is 18.7 Å². The number of benzene rings is 1. The third kappa shape index (κ3) is 5.83. The molecule has 2 atom stereocenters. The highest BCUT2D eigenvalue weighted by Gasteiger charge is 2.45. The molecule has 40 heavy (non-hydrogen) atoms. The van der Waals surface area contributed by atoms with E-state index >= 15 is 0 Å². The highest BCUT2D eigenvalue weighted by atomic mass is 35.5. The van der Waals surface area contributed by atoms with Gasteiger partial charge in [0.1, 0.15) is 23.1 Å². The van der Waals surface area contributed by atoms with Crippen molar-refractivity contribution in [2.24, 2.45) is 5.41 Å². The summed E-state index contributed by atoms with van der Waals surface area (Å²) in [7, 11) is 0. The van der Waals surface area contributed by atoms with E-state index in [0.717, 1.165) is 5.69 Å². The lowest BCUT2D eigenvalue weighted by Crippen LogP contribution is -2.49. The summed E-state index contributed by atoms with van der Waals surface area (Å²) in [6, 6.07) is 12.7. The standard InChI is InChI=1S/C29H29ClF2N6O2/c1-17-11-25(37-36-17)35-24-13-20(27-23(31)7-4-9-33-27)12-21(34-24)15-29(28(39)40)8-10-38(18(2)14-29)16-19-5-3-6-22(30)26(19)32/h3-7,9,11-13,18H,8,10,14-16H2,1-2H3,(H,39,40)(H2,34,35,36,37)/t18-,29-/m1/s1. The minimum absolute atomic E-state index is 0.0618. The molecular formula is C29H29ClF2N6O2. The van der Waals surface area contributed by atoms with E-state index < -0.39 is 23.0 Å². The fraction of sp³-hybridized carbons (Fsp3) is 0.310. The number of aryl methyl sites for hydroxylation is 1. The number of carbonyl (C=O) groups is 1. The van der Waals surface area contributed by atoms with Crippen molar-refractivity contribution in [1.82, 2.24) is 25.1 Å². The van der Waals surface area contributed by atoms with Gasteiger partial charge in [-0.1, -0.05) is 23.7 Å². The predicted octanol–water partition coefficient (Wildman–Crippen LogP) is 6.15. The predicted molar refractivity (Wildman–Crippen MR) is 148 cm³/mol. The lowest BCUT2D eigenvalue weighted by atomic mass is 9.72. The average molecular weight is 567 g/mol. The number of halogens is 3. The summed E-state index contributed by atoms with van der Waals surface area (Å²) in [6.07, 6.45) is 2.29.